The van der Waals surface area contributed by atoms with E-state index in [1.165, 1.54) is 6.92 Å². The van der Waals surface area contributed by atoms with Gasteiger partial charge in [0.25, 0.3) is 11.7 Å². The minimum absolute atomic E-state index is 0. The van der Waals surface area contributed by atoms with Crippen LogP contribution in [-0.2, 0) is 6.42 Å². The Hall–Kier alpha value is -2.47. The minimum atomic E-state index is -0.486. The van der Waals surface area contributed by atoms with Gasteiger partial charge < -0.3 is 19.9 Å². The predicted molar refractivity (Wildman–Crippen MR) is 129 cm³/mol. The third-order valence-corrected chi connectivity index (χ3v) is 5.62. The number of nitrogens with zero attached hydrogens (tertiary/aromatic N) is 3. The first-order valence-corrected chi connectivity index (χ1v) is 11.6. The number of anilines is 1. The average molecular weight is 555 g/mol. The fourth-order valence-electron chi connectivity index (χ4n) is 3.29. The van der Waals surface area contributed by atoms with Crippen molar-refractivity contribution in [3.8, 4) is 17.2 Å². The second-order valence-corrected chi connectivity index (χ2v) is 8.44. The fourth-order valence-corrected chi connectivity index (χ4v) is 3.86. The first-order valence-electron chi connectivity index (χ1n) is 10.8. The van der Waals surface area contributed by atoms with Crippen LogP contribution in [0.3, 0.4) is 0 Å². The molecule has 0 aliphatic carbocycles. The van der Waals surface area contributed by atoms with Gasteiger partial charge in [0, 0.05) is 23.7 Å². The molecule has 3 aromatic rings. The van der Waals surface area contributed by atoms with E-state index in [1.54, 1.807) is 18.2 Å². The van der Waals surface area contributed by atoms with E-state index in [4.69, 9.17) is 9.47 Å². The molecule has 10 nitrogen and oxygen atoms in total. The number of ether oxygens (including phenoxy) is 2. The summed E-state index contributed by atoms with van der Waals surface area (Å²) in [5, 5.41) is 26.1. The monoisotopic (exact) mass is 554 g/mol. The Balaban J connectivity index is 0.00000432. The number of phenolic OH excluding ortho intramolecular Hbond substituents is 1. The number of amides is 1. The second-order valence-electron chi connectivity index (χ2n) is 7.58. The van der Waals surface area contributed by atoms with Gasteiger partial charge in [-0.25, -0.2) is 0 Å². The fraction of sp³-hybridized carbons (Fsp3) is 0.348. The quantitative estimate of drug-likeness (QED) is 0.183. The summed E-state index contributed by atoms with van der Waals surface area (Å²) in [5.41, 5.74) is 2.33. The number of carbonyl (C=O) groups is 2. The molecule has 1 aromatic heterocycles. The van der Waals surface area contributed by atoms with Crippen molar-refractivity contribution >= 4 is 33.3 Å². The number of H-pyrrole nitrogens is 1. The molecular formula is C23H26BrN5NaO5+. The molecule has 0 radical (unpaired) electrons. The Morgan fingerprint density at radius 2 is 1.89 bits per heavy atom. The molecule has 35 heavy (non-hydrogen) atoms. The van der Waals surface area contributed by atoms with Crippen LogP contribution in [0.1, 0.15) is 58.8 Å². The third-order valence-electron chi connectivity index (χ3n) is 5.00. The molecule has 0 fully saturated rings. The molecule has 180 valence electrons. The summed E-state index contributed by atoms with van der Waals surface area (Å²) in [4.78, 5) is 23.9. The zero-order chi connectivity index (χ0) is 24.7. The normalized spacial score (nSPS) is 10.4. The van der Waals surface area contributed by atoms with Gasteiger partial charge in [0.15, 0.2) is 5.78 Å². The van der Waals surface area contributed by atoms with Crippen molar-refractivity contribution in [3.05, 3.63) is 51.3 Å². The van der Waals surface area contributed by atoms with Crippen LogP contribution in [0.15, 0.2) is 28.7 Å². The SMILES string of the molecule is CCCc1c(OCCCOc2cc(NC(=O)c3nn[nH]n3)c(C)cc2Br)ccc(C(C)=O)c1O.[Na+]. The smallest absolute Gasteiger partial charge is 0.507 e. The molecule has 12 heteroatoms. The summed E-state index contributed by atoms with van der Waals surface area (Å²) < 4.78 is 12.5. The van der Waals surface area contributed by atoms with Crippen molar-refractivity contribution in [3.63, 3.8) is 0 Å². The maximum Gasteiger partial charge on any atom is 1.00 e. The summed E-state index contributed by atoms with van der Waals surface area (Å²) in [5.74, 6) is 0.372. The van der Waals surface area contributed by atoms with Gasteiger partial charge in [0.05, 0.1) is 23.2 Å². The molecule has 0 spiro atoms. The van der Waals surface area contributed by atoms with E-state index in [-0.39, 0.29) is 46.9 Å². The van der Waals surface area contributed by atoms with E-state index < -0.39 is 5.91 Å². The van der Waals surface area contributed by atoms with Crippen LogP contribution in [0.4, 0.5) is 5.69 Å². The van der Waals surface area contributed by atoms with Crippen molar-refractivity contribution in [1.29, 1.82) is 0 Å². The number of aromatic amines is 1. The number of tetrazole rings is 1. The van der Waals surface area contributed by atoms with Gasteiger partial charge in [0.1, 0.15) is 17.2 Å². The number of Topliss-reactive ketones (excluding diaryl/α,β-unsaturated/α-hetero) is 1. The van der Waals surface area contributed by atoms with Gasteiger partial charge in [-0.1, -0.05) is 13.3 Å². The molecule has 0 aliphatic rings. The van der Waals surface area contributed by atoms with Crippen LogP contribution in [0.25, 0.3) is 0 Å². The summed E-state index contributed by atoms with van der Waals surface area (Å²) in [6.07, 6.45) is 1.99. The zero-order valence-corrected chi connectivity index (χ0v) is 23.7. The van der Waals surface area contributed by atoms with Gasteiger partial charge >= 0.3 is 29.6 Å². The van der Waals surface area contributed by atoms with Gasteiger partial charge in [-0.05, 0) is 65.2 Å². The molecular weight excluding hydrogens is 529 g/mol. The number of halogens is 1. The predicted octanol–water partition coefficient (Wildman–Crippen LogP) is 1.24. The first-order chi connectivity index (χ1) is 16.3. The zero-order valence-electron chi connectivity index (χ0n) is 20.1. The van der Waals surface area contributed by atoms with E-state index in [0.717, 1.165) is 16.5 Å². The van der Waals surface area contributed by atoms with E-state index in [1.807, 2.05) is 19.9 Å². The maximum atomic E-state index is 12.2. The standard InChI is InChI=1S/C23H26BrN5O5.Na/c1-4-6-16-19(8-7-15(14(3)30)21(16)31)33-9-5-10-34-20-12-18(13(2)11-17(20)24)25-23(32)22-26-28-29-27-22;/h7-8,11-12,31H,4-6,9-10H2,1-3H3,(H,25,32)(H,26,27,28,29);/q;+1. The molecule has 2 aromatic carbocycles. The first kappa shape index (κ1) is 28.8. The largest absolute Gasteiger partial charge is 1.00 e. The topological polar surface area (TPSA) is 139 Å². The van der Waals surface area contributed by atoms with Crippen LogP contribution in [0.2, 0.25) is 0 Å². The number of benzene rings is 2. The van der Waals surface area contributed by atoms with E-state index in [0.29, 0.717) is 54.4 Å². The molecule has 0 saturated carbocycles. The summed E-state index contributed by atoms with van der Waals surface area (Å²) >= 11 is 3.48. The Morgan fingerprint density at radius 3 is 2.51 bits per heavy atom. The Labute approximate surface area is 233 Å². The van der Waals surface area contributed by atoms with E-state index >= 15 is 0 Å². The van der Waals surface area contributed by atoms with Crippen LogP contribution in [0, 0.1) is 6.92 Å². The molecule has 0 atom stereocenters. The molecule has 0 unspecified atom stereocenters. The van der Waals surface area contributed by atoms with Crippen molar-refractivity contribution in [2.45, 2.75) is 40.0 Å². The average Bonchev–Trinajstić information content (AvgIpc) is 3.33. The van der Waals surface area contributed by atoms with Crippen molar-refractivity contribution in [1.82, 2.24) is 20.6 Å². The number of nitrogens with one attached hydrogen (secondary N) is 2. The third kappa shape index (κ3) is 7.50. The molecule has 0 saturated heterocycles. The van der Waals surface area contributed by atoms with E-state index in [2.05, 4.69) is 41.9 Å². The van der Waals surface area contributed by atoms with Crippen LogP contribution < -0.4 is 44.3 Å². The van der Waals surface area contributed by atoms with Gasteiger partial charge in [-0.15, -0.1) is 10.2 Å². The van der Waals surface area contributed by atoms with Crippen molar-refractivity contribution < 1.29 is 53.7 Å². The van der Waals surface area contributed by atoms with Crippen molar-refractivity contribution in [2.24, 2.45) is 0 Å². The number of hydrogen-bond donors (Lipinski definition) is 3. The summed E-state index contributed by atoms with van der Waals surface area (Å²) in [6, 6.07) is 6.86. The Bertz CT molecular complexity index is 1170. The number of phenols is 1. The Morgan fingerprint density at radius 1 is 1.17 bits per heavy atom. The van der Waals surface area contributed by atoms with E-state index in [9.17, 15) is 14.7 Å². The van der Waals surface area contributed by atoms with Gasteiger partial charge in [0.2, 0.25) is 0 Å². The molecule has 0 aliphatic heterocycles. The minimum Gasteiger partial charge on any atom is -0.507 e. The number of ketones is 1. The molecule has 1 amide bonds. The number of aromatic nitrogens is 4. The molecule has 1 heterocycles. The van der Waals surface area contributed by atoms with Crippen LogP contribution in [0.5, 0.6) is 17.2 Å². The maximum absolute atomic E-state index is 12.2. The van der Waals surface area contributed by atoms with Crippen molar-refractivity contribution in [2.75, 3.05) is 18.5 Å². The van der Waals surface area contributed by atoms with Gasteiger partial charge in [-0.3, -0.25) is 9.59 Å². The van der Waals surface area contributed by atoms with Crippen LogP contribution in [-0.4, -0.2) is 50.6 Å². The summed E-state index contributed by atoms with van der Waals surface area (Å²) in [6.45, 7) is 6.00. The molecule has 3 N–H and O–H groups in total. The number of carbonyl (C=O) groups excluding carboxylic acids is 2. The molecule has 3 rings (SSSR count). The van der Waals surface area contributed by atoms with Crippen LogP contribution >= 0.6 is 15.9 Å². The number of aryl methyl sites for hydroxylation is 1. The Kier molecular flexibility index (Phi) is 11.2. The number of rotatable bonds is 11. The molecule has 0 bridgehead atoms. The summed E-state index contributed by atoms with van der Waals surface area (Å²) in [7, 11) is 0. The second kappa shape index (κ2) is 13.6. The number of aromatic hydroxyl groups is 1. The number of hydrogen-bond acceptors (Lipinski definition) is 8. The van der Waals surface area contributed by atoms with Gasteiger partial charge in [-0.2, -0.15) is 5.21 Å².